The van der Waals surface area contributed by atoms with Gasteiger partial charge in [0.25, 0.3) is 0 Å². The van der Waals surface area contributed by atoms with Crippen molar-refractivity contribution in [3.05, 3.63) is 35.3 Å². The number of carbonyl (C=O) groups is 1. The highest BCUT2D eigenvalue weighted by atomic mass is 16.5. The lowest BCUT2D eigenvalue weighted by Gasteiger charge is -2.33. The van der Waals surface area contributed by atoms with Gasteiger partial charge in [-0.05, 0) is 18.9 Å². The van der Waals surface area contributed by atoms with E-state index < -0.39 is 6.04 Å². The van der Waals surface area contributed by atoms with E-state index in [1.165, 1.54) is 6.33 Å². The topological polar surface area (TPSA) is 87.5 Å². The molecule has 1 aliphatic heterocycles. The van der Waals surface area contributed by atoms with Crippen molar-refractivity contribution in [1.29, 1.82) is 0 Å². The van der Waals surface area contributed by atoms with Gasteiger partial charge in [-0.25, -0.2) is 4.68 Å². The van der Waals surface area contributed by atoms with Crippen molar-refractivity contribution in [2.24, 2.45) is 0 Å². The standard InChI is InChI=1S/C18H20N4O4/c1-24-13-8-15(26-3)14(25-2)7-10(13)17-16-11(5-4-6-12(16)23)21-18-19-9-20-22(17)18/h7-9,17H,4-6H2,1-3H3,(H,19,20,21)/t17-/m0/s1. The Labute approximate surface area is 150 Å². The number of ether oxygens (including phenoxy) is 3. The number of fused-ring (bicyclic) bond motifs is 1. The molecule has 2 aromatic rings. The number of allylic oxidation sites excluding steroid dienone is 2. The molecule has 0 spiro atoms. The SMILES string of the molecule is COc1cc(OC)c([C@H]2C3=C(CCCC3=O)Nc3ncnn32)cc1OC. The molecule has 2 aliphatic rings. The molecule has 0 unspecified atom stereocenters. The molecule has 1 N–H and O–H groups in total. The number of Topliss-reactive ketones (excluding diaryl/α,β-unsaturated/α-hetero) is 1. The third kappa shape index (κ3) is 2.40. The lowest BCUT2D eigenvalue weighted by atomic mass is 9.85. The van der Waals surface area contributed by atoms with Crippen LogP contribution in [-0.4, -0.2) is 41.9 Å². The summed E-state index contributed by atoms with van der Waals surface area (Å²) in [6.07, 6.45) is 3.64. The van der Waals surface area contributed by atoms with Crippen LogP contribution >= 0.6 is 0 Å². The minimum atomic E-state index is -0.425. The molecular formula is C18H20N4O4. The molecule has 0 fully saturated rings. The van der Waals surface area contributed by atoms with Gasteiger partial charge in [0.2, 0.25) is 5.95 Å². The quantitative estimate of drug-likeness (QED) is 0.899. The number of ketones is 1. The zero-order chi connectivity index (χ0) is 18.3. The second-order valence-corrected chi connectivity index (χ2v) is 6.17. The van der Waals surface area contributed by atoms with Crippen LogP contribution in [0, 0.1) is 0 Å². The first-order valence-electron chi connectivity index (χ1n) is 8.40. The molecule has 0 radical (unpaired) electrons. The zero-order valence-electron chi connectivity index (χ0n) is 14.9. The summed E-state index contributed by atoms with van der Waals surface area (Å²) >= 11 is 0. The highest BCUT2D eigenvalue weighted by molar-refractivity contribution is 5.99. The first kappa shape index (κ1) is 16.4. The first-order chi connectivity index (χ1) is 12.7. The predicted molar refractivity (Wildman–Crippen MR) is 93.8 cm³/mol. The molecule has 2 heterocycles. The maximum Gasteiger partial charge on any atom is 0.226 e. The van der Waals surface area contributed by atoms with Gasteiger partial charge in [0.15, 0.2) is 17.3 Å². The van der Waals surface area contributed by atoms with Crippen LogP contribution in [0.1, 0.15) is 30.9 Å². The Kier molecular flexibility index (Phi) is 4.02. The van der Waals surface area contributed by atoms with Gasteiger partial charge in [0, 0.05) is 29.3 Å². The van der Waals surface area contributed by atoms with Gasteiger partial charge in [-0.15, -0.1) is 0 Å². The van der Waals surface area contributed by atoms with Gasteiger partial charge in [0.1, 0.15) is 18.1 Å². The number of anilines is 1. The number of rotatable bonds is 4. The van der Waals surface area contributed by atoms with Gasteiger partial charge in [-0.1, -0.05) is 0 Å². The van der Waals surface area contributed by atoms with Crippen molar-refractivity contribution in [3.8, 4) is 17.2 Å². The number of nitrogens with zero attached hydrogens (tertiary/aromatic N) is 3. The number of nitrogens with one attached hydrogen (secondary N) is 1. The minimum Gasteiger partial charge on any atom is -0.496 e. The van der Waals surface area contributed by atoms with E-state index >= 15 is 0 Å². The van der Waals surface area contributed by atoms with Crippen molar-refractivity contribution in [3.63, 3.8) is 0 Å². The molecule has 136 valence electrons. The lowest BCUT2D eigenvalue weighted by Crippen LogP contribution is -2.31. The normalized spacial score (nSPS) is 18.7. The number of hydrogen-bond acceptors (Lipinski definition) is 7. The van der Waals surface area contributed by atoms with Crippen molar-refractivity contribution in [2.45, 2.75) is 25.3 Å². The molecule has 1 atom stereocenters. The summed E-state index contributed by atoms with van der Waals surface area (Å²) < 4.78 is 18.1. The van der Waals surface area contributed by atoms with E-state index in [0.29, 0.717) is 35.2 Å². The maximum atomic E-state index is 12.8. The Morgan fingerprint density at radius 3 is 2.54 bits per heavy atom. The smallest absolute Gasteiger partial charge is 0.226 e. The van der Waals surface area contributed by atoms with Crippen LogP contribution in [-0.2, 0) is 4.79 Å². The molecule has 4 rings (SSSR count). The van der Waals surface area contributed by atoms with Crippen molar-refractivity contribution in [1.82, 2.24) is 14.8 Å². The Hall–Kier alpha value is -3.03. The number of hydrogen-bond donors (Lipinski definition) is 1. The average molecular weight is 356 g/mol. The lowest BCUT2D eigenvalue weighted by molar-refractivity contribution is -0.116. The van der Waals surface area contributed by atoms with Gasteiger partial charge < -0.3 is 19.5 Å². The van der Waals surface area contributed by atoms with Crippen molar-refractivity contribution >= 4 is 11.7 Å². The van der Waals surface area contributed by atoms with E-state index in [0.717, 1.165) is 24.1 Å². The number of methoxy groups -OCH3 is 3. The Morgan fingerprint density at radius 2 is 1.81 bits per heavy atom. The van der Waals surface area contributed by atoms with Crippen LogP contribution in [0.4, 0.5) is 5.95 Å². The highest BCUT2D eigenvalue weighted by Gasteiger charge is 2.38. The van der Waals surface area contributed by atoms with E-state index in [-0.39, 0.29) is 5.78 Å². The molecule has 0 bridgehead atoms. The second-order valence-electron chi connectivity index (χ2n) is 6.17. The largest absolute Gasteiger partial charge is 0.496 e. The third-order valence-corrected chi connectivity index (χ3v) is 4.84. The summed E-state index contributed by atoms with van der Waals surface area (Å²) in [5.74, 6) is 2.45. The molecular weight excluding hydrogens is 336 g/mol. The van der Waals surface area contributed by atoms with E-state index in [9.17, 15) is 4.79 Å². The zero-order valence-corrected chi connectivity index (χ0v) is 14.9. The van der Waals surface area contributed by atoms with Crippen molar-refractivity contribution < 1.29 is 19.0 Å². The first-order valence-corrected chi connectivity index (χ1v) is 8.40. The summed E-state index contributed by atoms with van der Waals surface area (Å²) in [6, 6.07) is 3.18. The number of benzene rings is 1. The van der Waals surface area contributed by atoms with Crippen LogP contribution < -0.4 is 19.5 Å². The minimum absolute atomic E-state index is 0.113. The maximum absolute atomic E-state index is 12.8. The van der Waals surface area contributed by atoms with E-state index in [1.54, 1.807) is 32.1 Å². The molecule has 0 amide bonds. The van der Waals surface area contributed by atoms with Crippen LogP contribution in [0.2, 0.25) is 0 Å². The Balaban J connectivity index is 1.96. The monoisotopic (exact) mass is 356 g/mol. The van der Waals surface area contributed by atoms with Crippen LogP contribution in [0.25, 0.3) is 0 Å². The predicted octanol–water partition coefficient (Wildman–Crippen LogP) is 2.33. The summed E-state index contributed by atoms with van der Waals surface area (Å²) in [5, 5.41) is 7.59. The molecule has 0 saturated heterocycles. The molecule has 1 aliphatic carbocycles. The molecule has 0 saturated carbocycles. The van der Waals surface area contributed by atoms with Gasteiger partial charge in [0.05, 0.1) is 21.3 Å². The highest BCUT2D eigenvalue weighted by Crippen LogP contribution is 2.45. The average Bonchev–Trinajstić information content (AvgIpc) is 3.13. The summed E-state index contributed by atoms with van der Waals surface area (Å²) in [4.78, 5) is 17.0. The number of aromatic nitrogens is 3. The van der Waals surface area contributed by atoms with Crippen LogP contribution in [0.15, 0.2) is 29.7 Å². The molecule has 8 nitrogen and oxygen atoms in total. The summed E-state index contributed by atoms with van der Waals surface area (Å²) in [6.45, 7) is 0. The number of carbonyl (C=O) groups excluding carboxylic acids is 1. The molecule has 1 aromatic carbocycles. The van der Waals surface area contributed by atoms with Gasteiger partial charge in [-0.3, -0.25) is 4.79 Å². The van der Waals surface area contributed by atoms with E-state index in [1.807, 2.05) is 6.07 Å². The van der Waals surface area contributed by atoms with Crippen molar-refractivity contribution in [2.75, 3.05) is 26.6 Å². The Morgan fingerprint density at radius 1 is 1.08 bits per heavy atom. The molecule has 26 heavy (non-hydrogen) atoms. The van der Waals surface area contributed by atoms with Gasteiger partial charge in [-0.2, -0.15) is 10.1 Å². The molecule has 8 heteroatoms. The third-order valence-electron chi connectivity index (χ3n) is 4.84. The molecule has 1 aromatic heterocycles. The fraction of sp³-hybridized carbons (Fsp3) is 0.389. The van der Waals surface area contributed by atoms with Gasteiger partial charge >= 0.3 is 0 Å². The summed E-state index contributed by atoms with van der Waals surface area (Å²) in [7, 11) is 4.74. The van der Waals surface area contributed by atoms with E-state index in [2.05, 4.69) is 15.4 Å². The fourth-order valence-electron chi connectivity index (χ4n) is 3.65. The van der Waals surface area contributed by atoms with Crippen LogP contribution in [0.3, 0.4) is 0 Å². The second kappa shape index (κ2) is 6.36. The van der Waals surface area contributed by atoms with Crippen LogP contribution in [0.5, 0.6) is 17.2 Å². The Bertz CT molecular complexity index is 903. The summed E-state index contributed by atoms with van der Waals surface area (Å²) in [5.41, 5.74) is 2.39. The van der Waals surface area contributed by atoms with E-state index in [4.69, 9.17) is 14.2 Å². The fourth-order valence-corrected chi connectivity index (χ4v) is 3.65.